The van der Waals surface area contributed by atoms with Crippen LogP contribution in [0, 0.1) is 0 Å². The minimum Gasteiger partial charge on any atom is -0.379 e. The van der Waals surface area contributed by atoms with Crippen molar-refractivity contribution in [1.29, 1.82) is 0 Å². The lowest BCUT2D eigenvalue weighted by Crippen LogP contribution is -2.37. The summed E-state index contributed by atoms with van der Waals surface area (Å²) < 4.78 is 21.3. The molecule has 19 heavy (non-hydrogen) atoms. The van der Waals surface area contributed by atoms with E-state index in [-0.39, 0.29) is 0 Å². The van der Waals surface area contributed by atoms with Crippen LogP contribution in [-0.2, 0) is 28.9 Å². The fourth-order valence-corrected chi connectivity index (χ4v) is 3.79. The van der Waals surface area contributed by atoms with Gasteiger partial charge in [-0.2, -0.15) is 0 Å². The van der Waals surface area contributed by atoms with Crippen molar-refractivity contribution in [2.24, 2.45) is 0 Å². The molecular weight excluding hydrogens is 322 g/mol. The number of nitrogens with zero attached hydrogens (tertiary/aromatic N) is 1. The van der Waals surface area contributed by atoms with Gasteiger partial charge >= 0.3 is 0 Å². The van der Waals surface area contributed by atoms with E-state index in [2.05, 4.69) is 16.1 Å². The molecule has 1 rings (SSSR count). The molecule has 1 aliphatic heterocycles. The quantitative estimate of drug-likeness (QED) is 0.357. The SMILES string of the molecule is CS(=O)(=S)OCC=CCSSCCN1CCOCC1. The minimum atomic E-state index is -2.48. The molecule has 0 aromatic heterocycles. The Balaban J connectivity index is 1.89. The lowest BCUT2D eigenvalue weighted by molar-refractivity contribution is 0.0410. The van der Waals surface area contributed by atoms with E-state index in [1.165, 1.54) is 6.26 Å². The summed E-state index contributed by atoms with van der Waals surface area (Å²) in [7, 11) is 1.21. The minimum absolute atomic E-state index is 0.331. The van der Waals surface area contributed by atoms with Crippen LogP contribution >= 0.6 is 21.6 Å². The highest BCUT2D eigenvalue weighted by Crippen LogP contribution is 2.21. The molecule has 0 aromatic rings. The molecule has 0 aliphatic carbocycles. The van der Waals surface area contributed by atoms with E-state index < -0.39 is 8.77 Å². The van der Waals surface area contributed by atoms with Crippen LogP contribution in [-0.4, -0.2) is 66.3 Å². The summed E-state index contributed by atoms with van der Waals surface area (Å²) in [5.74, 6) is 2.06. The second-order valence-corrected chi connectivity index (χ2v) is 10.1. The molecule has 1 fully saturated rings. The van der Waals surface area contributed by atoms with Crippen LogP contribution in [0.5, 0.6) is 0 Å². The third-order valence-electron chi connectivity index (χ3n) is 2.39. The molecule has 112 valence electrons. The average Bonchev–Trinajstić information content (AvgIpc) is 2.37. The van der Waals surface area contributed by atoms with E-state index in [9.17, 15) is 4.21 Å². The Morgan fingerprint density at radius 1 is 1.37 bits per heavy atom. The van der Waals surface area contributed by atoms with Gasteiger partial charge in [-0.15, -0.1) is 0 Å². The van der Waals surface area contributed by atoms with Crippen LogP contribution in [0.15, 0.2) is 12.2 Å². The van der Waals surface area contributed by atoms with E-state index in [1.54, 1.807) is 0 Å². The zero-order valence-electron chi connectivity index (χ0n) is 11.1. The molecule has 0 amide bonds. The van der Waals surface area contributed by atoms with Gasteiger partial charge in [-0.25, -0.2) is 4.21 Å². The van der Waals surface area contributed by atoms with E-state index in [4.69, 9.17) is 8.92 Å². The molecule has 1 unspecified atom stereocenters. The molecule has 1 saturated heterocycles. The average molecular weight is 344 g/mol. The second-order valence-electron chi connectivity index (χ2n) is 4.02. The standard InChI is InChI=1S/C11H21NO3S4/c1-19(13,16)15-7-2-3-10-17-18-11-6-12-4-8-14-9-5-12/h2-3H,4-11H2,1H3. The van der Waals surface area contributed by atoms with Crippen molar-refractivity contribution in [3.8, 4) is 0 Å². The molecule has 0 spiro atoms. The second kappa shape index (κ2) is 10.4. The van der Waals surface area contributed by atoms with Crippen molar-refractivity contribution in [3.63, 3.8) is 0 Å². The van der Waals surface area contributed by atoms with Crippen molar-refractivity contribution < 1.29 is 13.1 Å². The molecule has 0 bridgehead atoms. The largest absolute Gasteiger partial charge is 0.379 e. The van der Waals surface area contributed by atoms with Gasteiger partial charge in [0.15, 0.2) is 0 Å². The van der Waals surface area contributed by atoms with Crippen molar-refractivity contribution in [2.45, 2.75) is 0 Å². The van der Waals surface area contributed by atoms with Crippen LogP contribution in [0.4, 0.5) is 0 Å². The van der Waals surface area contributed by atoms with Gasteiger partial charge in [0.25, 0.3) is 0 Å². The van der Waals surface area contributed by atoms with E-state index in [1.807, 2.05) is 33.7 Å². The fourth-order valence-electron chi connectivity index (χ4n) is 1.44. The molecule has 0 N–H and O–H groups in total. The third-order valence-corrected chi connectivity index (χ3v) is 5.49. The Morgan fingerprint density at radius 2 is 2.11 bits per heavy atom. The smallest absolute Gasteiger partial charge is 0.141 e. The summed E-state index contributed by atoms with van der Waals surface area (Å²) >= 11 is 4.63. The van der Waals surface area contributed by atoms with Crippen molar-refractivity contribution in [2.75, 3.05) is 57.2 Å². The van der Waals surface area contributed by atoms with Crippen LogP contribution in [0.1, 0.15) is 0 Å². The van der Waals surface area contributed by atoms with Gasteiger partial charge in [0.05, 0.1) is 19.8 Å². The number of ether oxygens (including phenoxy) is 1. The Kier molecular flexibility index (Phi) is 9.73. The highest BCUT2D eigenvalue weighted by molar-refractivity contribution is 8.76. The van der Waals surface area contributed by atoms with Gasteiger partial charge in [0.2, 0.25) is 0 Å². The topological polar surface area (TPSA) is 38.8 Å². The van der Waals surface area contributed by atoms with Crippen LogP contribution in [0.3, 0.4) is 0 Å². The maximum Gasteiger partial charge on any atom is 0.141 e. The molecule has 0 saturated carbocycles. The zero-order chi connectivity index (χ0) is 14.0. The molecule has 0 aromatic carbocycles. The Morgan fingerprint density at radius 3 is 2.79 bits per heavy atom. The van der Waals surface area contributed by atoms with Gasteiger partial charge < -0.3 is 4.74 Å². The van der Waals surface area contributed by atoms with Crippen LogP contribution in [0.2, 0.25) is 0 Å². The maximum atomic E-state index is 11.0. The number of hydrogen-bond donors (Lipinski definition) is 0. The number of hydrogen-bond acceptors (Lipinski definition) is 7. The van der Waals surface area contributed by atoms with E-state index in [0.29, 0.717) is 6.61 Å². The molecule has 1 aliphatic rings. The van der Waals surface area contributed by atoms with Crippen molar-refractivity contribution in [3.05, 3.63) is 12.2 Å². The van der Waals surface area contributed by atoms with Crippen LogP contribution < -0.4 is 0 Å². The fraction of sp³-hybridized carbons (Fsp3) is 0.818. The molecular formula is C11H21NO3S4. The lowest BCUT2D eigenvalue weighted by atomic mass is 10.4. The number of morpholine rings is 1. The van der Waals surface area contributed by atoms with Gasteiger partial charge in [-0.05, 0) is 0 Å². The highest BCUT2D eigenvalue weighted by atomic mass is 33.1. The third kappa shape index (κ3) is 11.1. The molecule has 4 nitrogen and oxygen atoms in total. The summed E-state index contributed by atoms with van der Waals surface area (Å²) in [6.45, 7) is 5.30. The maximum absolute atomic E-state index is 11.0. The Labute approximate surface area is 128 Å². The predicted octanol–water partition coefficient (Wildman–Crippen LogP) is 1.56. The Bertz CT molecular complexity index is 353. The van der Waals surface area contributed by atoms with Crippen LogP contribution in [0.25, 0.3) is 0 Å². The summed E-state index contributed by atoms with van der Waals surface area (Å²) in [4.78, 5) is 2.43. The first-order chi connectivity index (χ1) is 9.08. The summed E-state index contributed by atoms with van der Waals surface area (Å²) in [6.07, 6.45) is 5.31. The van der Waals surface area contributed by atoms with Gasteiger partial charge in [0.1, 0.15) is 8.77 Å². The van der Waals surface area contributed by atoms with Gasteiger partial charge in [-0.3, -0.25) is 9.08 Å². The normalized spacial score (nSPS) is 20.7. The van der Waals surface area contributed by atoms with Crippen molar-refractivity contribution >= 4 is 41.5 Å². The van der Waals surface area contributed by atoms with Crippen molar-refractivity contribution in [1.82, 2.24) is 4.90 Å². The summed E-state index contributed by atoms with van der Waals surface area (Å²) in [5, 5.41) is 0. The molecule has 0 radical (unpaired) electrons. The van der Waals surface area contributed by atoms with Gasteiger partial charge in [0, 0.05) is 48.6 Å². The zero-order valence-corrected chi connectivity index (χ0v) is 14.4. The predicted molar refractivity (Wildman–Crippen MR) is 88.7 cm³/mol. The van der Waals surface area contributed by atoms with Gasteiger partial charge in [-0.1, -0.05) is 33.7 Å². The highest BCUT2D eigenvalue weighted by Gasteiger charge is 2.08. The van der Waals surface area contributed by atoms with E-state index in [0.717, 1.165) is 44.4 Å². The summed E-state index contributed by atoms with van der Waals surface area (Å²) in [5.41, 5.74) is 0. The number of rotatable bonds is 9. The first kappa shape index (κ1) is 17.7. The molecule has 1 heterocycles. The molecule has 1 atom stereocenters. The lowest BCUT2D eigenvalue weighted by Gasteiger charge is -2.26. The first-order valence-electron chi connectivity index (χ1n) is 6.12. The molecule has 8 heteroatoms. The first-order valence-corrected chi connectivity index (χ1v) is 11.4. The Hall–Kier alpha value is 0.690. The monoisotopic (exact) mass is 343 g/mol. The summed E-state index contributed by atoms with van der Waals surface area (Å²) in [6, 6.07) is 0. The van der Waals surface area contributed by atoms with E-state index >= 15 is 0 Å².